The molecule has 130 valence electrons. The first-order chi connectivity index (χ1) is 11.5. The molecule has 1 N–H and O–H groups in total. The zero-order chi connectivity index (χ0) is 17.1. The van der Waals surface area contributed by atoms with Crippen LogP contribution in [0.15, 0.2) is 16.2 Å². The predicted molar refractivity (Wildman–Crippen MR) is 99.8 cm³/mol. The van der Waals surface area contributed by atoms with Crippen LogP contribution in [0.5, 0.6) is 0 Å². The maximum absolute atomic E-state index is 12.3. The Hall–Kier alpha value is -1.34. The summed E-state index contributed by atoms with van der Waals surface area (Å²) in [5.74, 6) is 0.666. The maximum atomic E-state index is 12.3. The number of thiazole rings is 1. The smallest absolute Gasteiger partial charge is 0.258 e. The zero-order valence-corrected chi connectivity index (χ0v) is 15.7. The van der Waals surface area contributed by atoms with Crippen LogP contribution >= 0.6 is 23.1 Å². The minimum atomic E-state index is -0.141. The first kappa shape index (κ1) is 17.5. The third-order valence-electron chi connectivity index (χ3n) is 4.43. The van der Waals surface area contributed by atoms with Gasteiger partial charge in [0.1, 0.15) is 0 Å². The number of amides is 1. The summed E-state index contributed by atoms with van der Waals surface area (Å²) in [4.78, 5) is 29.7. The van der Waals surface area contributed by atoms with E-state index >= 15 is 0 Å². The van der Waals surface area contributed by atoms with Crippen molar-refractivity contribution in [1.82, 2.24) is 14.7 Å². The molecule has 1 saturated carbocycles. The molecule has 1 aliphatic rings. The largest absolute Gasteiger partial charge is 0.352 e. The van der Waals surface area contributed by atoms with Crippen molar-refractivity contribution >= 4 is 34.0 Å². The Morgan fingerprint density at radius 1 is 1.46 bits per heavy atom. The molecule has 5 nitrogen and oxygen atoms in total. The average molecular weight is 366 g/mol. The molecule has 1 amide bonds. The minimum Gasteiger partial charge on any atom is -0.352 e. The van der Waals surface area contributed by atoms with E-state index in [1.807, 2.05) is 19.2 Å². The lowest BCUT2D eigenvalue weighted by molar-refractivity contribution is -0.121. The molecule has 1 fully saturated rings. The van der Waals surface area contributed by atoms with E-state index in [2.05, 4.69) is 10.3 Å². The van der Waals surface area contributed by atoms with Crippen molar-refractivity contribution in [2.24, 2.45) is 0 Å². The molecule has 2 aromatic rings. The van der Waals surface area contributed by atoms with Crippen LogP contribution < -0.4 is 10.9 Å². The number of hydrogen-bond acceptors (Lipinski definition) is 5. The third-order valence-corrected chi connectivity index (χ3v) is 6.55. The second kappa shape index (κ2) is 7.70. The number of carbonyl (C=O) groups excluding carboxylic acids is 1. The quantitative estimate of drug-likeness (QED) is 0.884. The molecule has 0 spiro atoms. The SMILES string of the molecule is Cc1csc2nc(CSC(C)C(=O)NC3CCCCC3)cc(=O)n12. The predicted octanol–water partition coefficient (Wildman–Crippen LogP) is 3.14. The molecule has 2 aromatic heterocycles. The Morgan fingerprint density at radius 2 is 2.21 bits per heavy atom. The van der Waals surface area contributed by atoms with E-state index in [0.717, 1.165) is 29.2 Å². The van der Waals surface area contributed by atoms with Crippen LogP contribution in [0, 0.1) is 6.92 Å². The van der Waals surface area contributed by atoms with Crippen molar-refractivity contribution in [3.8, 4) is 0 Å². The van der Waals surface area contributed by atoms with Gasteiger partial charge in [0.15, 0.2) is 4.96 Å². The maximum Gasteiger partial charge on any atom is 0.258 e. The van der Waals surface area contributed by atoms with Crippen LogP contribution in [0.2, 0.25) is 0 Å². The van der Waals surface area contributed by atoms with Crippen molar-refractivity contribution in [3.63, 3.8) is 0 Å². The summed E-state index contributed by atoms with van der Waals surface area (Å²) in [5.41, 5.74) is 1.60. The van der Waals surface area contributed by atoms with E-state index in [0.29, 0.717) is 11.8 Å². The van der Waals surface area contributed by atoms with Gasteiger partial charge in [-0.2, -0.15) is 0 Å². The number of hydrogen-bond donors (Lipinski definition) is 1. The fraction of sp³-hybridized carbons (Fsp3) is 0.588. The number of aromatic nitrogens is 2. The topological polar surface area (TPSA) is 63.5 Å². The molecule has 0 bridgehead atoms. The lowest BCUT2D eigenvalue weighted by Gasteiger charge is -2.24. The standard InChI is InChI=1S/C17H23N3O2S2/c1-11-9-24-17-19-14(8-15(21)20(11)17)10-23-12(2)16(22)18-13-6-4-3-5-7-13/h8-9,12-13H,3-7,10H2,1-2H3,(H,18,22). The highest BCUT2D eigenvalue weighted by molar-refractivity contribution is 7.99. The first-order valence-electron chi connectivity index (χ1n) is 8.43. The number of fused-ring (bicyclic) bond motifs is 1. The molecular formula is C17H23N3O2S2. The van der Waals surface area contributed by atoms with Gasteiger partial charge in [-0.3, -0.25) is 14.0 Å². The van der Waals surface area contributed by atoms with Gasteiger partial charge in [-0.25, -0.2) is 4.98 Å². The van der Waals surface area contributed by atoms with Gasteiger partial charge in [-0.15, -0.1) is 23.1 Å². The highest BCUT2D eigenvalue weighted by Crippen LogP contribution is 2.21. The number of thioether (sulfide) groups is 1. The Bertz CT molecular complexity index is 778. The summed E-state index contributed by atoms with van der Waals surface area (Å²) >= 11 is 3.00. The molecule has 2 heterocycles. The number of nitrogens with one attached hydrogen (secondary N) is 1. The molecule has 3 rings (SSSR count). The summed E-state index contributed by atoms with van der Waals surface area (Å²) in [5, 5.41) is 4.95. The summed E-state index contributed by atoms with van der Waals surface area (Å²) < 4.78 is 1.62. The van der Waals surface area contributed by atoms with Crippen molar-refractivity contribution in [3.05, 3.63) is 33.2 Å². The van der Waals surface area contributed by atoms with Crippen LogP contribution in [-0.2, 0) is 10.5 Å². The van der Waals surface area contributed by atoms with Crippen molar-refractivity contribution in [2.45, 2.75) is 63.0 Å². The van der Waals surface area contributed by atoms with Gasteiger partial charge in [0.25, 0.3) is 5.56 Å². The molecule has 0 radical (unpaired) electrons. The molecule has 1 aliphatic carbocycles. The zero-order valence-electron chi connectivity index (χ0n) is 14.1. The van der Waals surface area contributed by atoms with Gasteiger partial charge in [-0.1, -0.05) is 19.3 Å². The number of rotatable bonds is 5. The first-order valence-corrected chi connectivity index (χ1v) is 10.4. The molecule has 0 aliphatic heterocycles. The molecule has 24 heavy (non-hydrogen) atoms. The number of aryl methyl sites for hydroxylation is 1. The van der Waals surface area contributed by atoms with Crippen LogP contribution in [0.25, 0.3) is 4.96 Å². The van der Waals surface area contributed by atoms with Crippen molar-refractivity contribution in [1.29, 1.82) is 0 Å². The van der Waals surface area contributed by atoms with E-state index in [1.54, 1.807) is 10.5 Å². The summed E-state index contributed by atoms with van der Waals surface area (Å²) in [6.07, 6.45) is 5.88. The highest BCUT2D eigenvalue weighted by Gasteiger charge is 2.20. The van der Waals surface area contributed by atoms with Crippen LogP contribution in [0.1, 0.15) is 50.4 Å². The fourth-order valence-electron chi connectivity index (χ4n) is 3.03. The summed E-state index contributed by atoms with van der Waals surface area (Å²) in [6.45, 7) is 3.82. The van der Waals surface area contributed by atoms with Crippen LogP contribution in [-0.4, -0.2) is 26.6 Å². The van der Waals surface area contributed by atoms with E-state index in [-0.39, 0.29) is 16.7 Å². The molecule has 1 unspecified atom stereocenters. The second-order valence-corrected chi connectivity index (χ2v) is 8.54. The van der Waals surface area contributed by atoms with Gasteiger partial charge < -0.3 is 5.32 Å². The third kappa shape index (κ3) is 4.00. The fourth-order valence-corrected chi connectivity index (χ4v) is 4.71. The number of carbonyl (C=O) groups is 1. The number of nitrogens with zero attached hydrogens (tertiary/aromatic N) is 2. The van der Waals surface area contributed by atoms with Gasteiger partial charge in [-0.05, 0) is 26.7 Å². The molecule has 1 atom stereocenters. The Balaban J connectivity index is 1.58. The van der Waals surface area contributed by atoms with Gasteiger partial charge >= 0.3 is 0 Å². The highest BCUT2D eigenvalue weighted by atomic mass is 32.2. The van der Waals surface area contributed by atoms with Gasteiger partial charge in [0.05, 0.1) is 10.9 Å². The normalized spacial score (nSPS) is 17.1. The van der Waals surface area contributed by atoms with E-state index < -0.39 is 0 Å². The lowest BCUT2D eigenvalue weighted by atomic mass is 9.95. The average Bonchev–Trinajstić information content (AvgIpc) is 2.95. The molecular weight excluding hydrogens is 342 g/mol. The van der Waals surface area contributed by atoms with Gasteiger partial charge in [0, 0.05) is 28.9 Å². The monoisotopic (exact) mass is 365 g/mol. The van der Waals surface area contributed by atoms with Crippen LogP contribution in [0.4, 0.5) is 0 Å². The molecule has 0 saturated heterocycles. The van der Waals surface area contributed by atoms with E-state index in [4.69, 9.17) is 0 Å². The van der Waals surface area contributed by atoms with Crippen LogP contribution in [0.3, 0.4) is 0 Å². The summed E-state index contributed by atoms with van der Waals surface area (Å²) in [6, 6.07) is 1.91. The van der Waals surface area contributed by atoms with E-state index in [1.165, 1.54) is 42.4 Å². The van der Waals surface area contributed by atoms with Crippen molar-refractivity contribution in [2.75, 3.05) is 0 Å². The Morgan fingerprint density at radius 3 is 2.96 bits per heavy atom. The Kier molecular flexibility index (Phi) is 5.61. The van der Waals surface area contributed by atoms with Crippen molar-refractivity contribution < 1.29 is 4.79 Å². The summed E-state index contributed by atoms with van der Waals surface area (Å²) in [7, 11) is 0. The second-order valence-electron chi connectivity index (χ2n) is 6.38. The van der Waals surface area contributed by atoms with E-state index in [9.17, 15) is 9.59 Å². The lowest BCUT2D eigenvalue weighted by Crippen LogP contribution is -2.40. The molecule has 7 heteroatoms. The molecule has 0 aromatic carbocycles. The van der Waals surface area contributed by atoms with Gasteiger partial charge in [0.2, 0.25) is 5.91 Å². The Labute approximate surface area is 149 Å². The minimum absolute atomic E-state index is 0.0475.